The van der Waals surface area contributed by atoms with Crippen molar-refractivity contribution in [3.63, 3.8) is 0 Å². The van der Waals surface area contributed by atoms with Crippen LogP contribution < -0.4 is 5.32 Å². The van der Waals surface area contributed by atoms with Crippen LogP contribution in [0.3, 0.4) is 0 Å². The smallest absolute Gasteiger partial charge is 0.408 e. The minimum atomic E-state index is -0.468. The summed E-state index contributed by atoms with van der Waals surface area (Å²) in [4.78, 5) is 11.7. The van der Waals surface area contributed by atoms with Crippen molar-refractivity contribution in [2.45, 2.75) is 45.3 Å². The molecular weight excluding hydrogens is 218 g/mol. The first-order valence-corrected chi connectivity index (χ1v) is 5.95. The molecule has 1 saturated carbocycles. The van der Waals surface area contributed by atoms with Crippen LogP contribution in [0.1, 0.15) is 45.3 Å². The van der Waals surface area contributed by atoms with Crippen molar-refractivity contribution in [3.8, 4) is 0 Å². The van der Waals surface area contributed by atoms with E-state index in [1.54, 1.807) is 6.20 Å². The van der Waals surface area contributed by atoms with Crippen molar-refractivity contribution in [2.24, 2.45) is 5.92 Å². The first-order chi connectivity index (χ1) is 7.96. The third kappa shape index (κ3) is 3.47. The Bertz CT molecular complexity index is 377. The molecule has 1 fully saturated rings. The van der Waals surface area contributed by atoms with Crippen LogP contribution in [0.4, 0.5) is 4.79 Å². The highest BCUT2D eigenvalue weighted by molar-refractivity contribution is 5.68. The molecule has 1 atom stereocenters. The van der Waals surface area contributed by atoms with E-state index in [4.69, 9.17) is 4.74 Å². The number of hydrogen-bond acceptors (Lipinski definition) is 3. The molecule has 17 heavy (non-hydrogen) atoms. The van der Waals surface area contributed by atoms with Crippen molar-refractivity contribution < 1.29 is 9.53 Å². The lowest BCUT2D eigenvalue weighted by Gasteiger charge is -2.22. The predicted molar refractivity (Wildman–Crippen MR) is 63.4 cm³/mol. The maximum Gasteiger partial charge on any atom is 0.408 e. The standard InChI is InChI=1S/C12H19N3O2/c1-12(2,3)17-11(16)14-10(8-4-5-8)9-6-7-13-15-9/h6-8,10H,4-5H2,1-3H3,(H,13,15)(H,14,16)/t10-/m1/s1. The van der Waals surface area contributed by atoms with E-state index in [1.165, 1.54) is 0 Å². The Morgan fingerprint density at radius 1 is 1.59 bits per heavy atom. The molecule has 0 spiro atoms. The SMILES string of the molecule is CC(C)(C)OC(=O)N[C@@H](c1cc[nH]n1)C1CC1. The predicted octanol–water partition coefficient (Wildman–Crippen LogP) is 2.39. The second-order valence-corrected chi connectivity index (χ2v) is 5.46. The van der Waals surface area contributed by atoms with E-state index in [0.717, 1.165) is 18.5 Å². The Balaban J connectivity index is 1.97. The van der Waals surface area contributed by atoms with Crippen molar-refractivity contribution in [1.82, 2.24) is 15.5 Å². The topological polar surface area (TPSA) is 67.0 Å². The lowest BCUT2D eigenvalue weighted by Crippen LogP contribution is -2.35. The molecule has 1 aliphatic rings. The molecule has 1 aromatic rings. The van der Waals surface area contributed by atoms with E-state index in [-0.39, 0.29) is 12.1 Å². The minimum Gasteiger partial charge on any atom is -0.444 e. The number of aromatic nitrogens is 2. The molecular formula is C12H19N3O2. The number of ether oxygens (including phenoxy) is 1. The molecule has 0 aromatic carbocycles. The number of H-pyrrole nitrogens is 1. The average molecular weight is 237 g/mol. The van der Waals surface area contributed by atoms with Crippen molar-refractivity contribution in [3.05, 3.63) is 18.0 Å². The quantitative estimate of drug-likeness (QED) is 0.848. The van der Waals surface area contributed by atoms with Gasteiger partial charge in [0, 0.05) is 6.20 Å². The maximum atomic E-state index is 11.7. The van der Waals surface area contributed by atoms with E-state index in [9.17, 15) is 4.79 Å². The van der Waals surface area contributed by atoms with Gasteiger partial charge in [-0.1, -0.05) is 0 Å². The molecule has 1 heterocycles. The van der Waals surface area contributed by atoms with Gasteiger partial charge < -0.3 is 10.1 Å². The first kappa shape index (κ1) is 12.0. The van der Waals surface area contributed by atoms with Gasteiger partial charge in [-0.05, 0) is 45.6 Å². The minimum absolute atomic E-state index is 0.0314. The van der Waals surface area contributed by atoms with Gasteiger partial charge in [0.05, 0.1) is 11.7 Å². The number of carbonyl (C=O) groups is 1. The average Bonchev–Trinajstić information content (AvgIpc) is 2.87. The van der Waals surface area contributed by atoms with Gasteiger partial charge >= 0.3 is 6.09 Å². The summed E-state index contributed by atoms with van der Waals surface area (Å²) in [7, 11) is 0. The summed E-state index contributed by atoms with van der Waals surface area (Å²) < 4.78 is 5.26. The van der Waals surface area contributed by atoms with Crippen LogP contribution in [0.15, 0.2) is 12.3 Å². The third-order valence-electron chi connectivity index (χ3n) is 2.61. The van der Waals surface area contributed by atoms with Gasteiger partial charge in [-0.15, -0.1) is 0 Å². The second kappa shape index (κ2) is 4.39. The summed E-state index contributed by atoms with van der Waals surface area (Å²) in [5, 5.41) is 9.80. The summed E-state index contributed by atoms with van der Waals surface area (Å²) in [6.07, 6.45) is 3.65. The maximum absolute atomic E-state index is 11.7. The van der Waals surface area contributed by atoms with Gasteiger partial charge in [-0.3, -0.25) is 5.10 Å². The van der Waals surface area contributed by atoms with Crippen LogP contribution in [-0.4, -0.2) is 21.9 Å². The Morgan fingerprint density at radius 3 is 2.76 bits per heavy atom. The zero-order chi connectivity index (χ0) is 12.5. The van der Waals surface area contributed by atoms with Crippen molar-refractivity contribution in [1.29, 1.82) is 0 Å². The number of rotatable bonds is 3. The van der Waals surface area contributed by atoms with Crippen LogP contribution in [-0.2, 0) is 4.74 Å². The van der Waals surface area contributed by atoms with Gasteiger partial charge in [0.25, 0.3) is 0 Å². The fourth-order valence-corrected chi connectivity index (χ4v) is 1.74. The number of aromatic amines is 1. The Morgan fingerprint density at radius 2 is 2.29 bits per heavy atom. The van der Waals surface area contributed by atoms with E-state index in [1.807, 2.05) is 26.8 Å². The van der Waals surface area contributed by atoms with Gasteiger partial charge in [0.1, 0.15) is 5.60 Å². The van der Waals surface area contributed by atoms with Crippen LogP contribution >= 0.6 is 0 Å². The molecule has 5 heteroatoms. The molecule has 1 amide bonds. The molecule has 2 N–H and O–H groups in total. The highest BCUT2D eigenvalue weighted by Gasteiger charge is 2.35. The molecule has 0 aliphatic heterocycles. The van der Waals surface area contributed by atoms with Gasteiger partial charge in [0.2, 0.25) is 0 Å². The van der Waals surface area contributed by atoms with E-state index in [2.05, 4.69) is 15.5 Å². The van der Waals surface area contributed by atoms with Gasteiger partial charge in [-0.25, -0.2) is 4.79 Å². The number of nitrogens with zero attached hydrogens (tertiary/aromatic N) is 1. The highest BCUT2D eigenvalue weighted by atomic mass is 16.6. The van der Waals surface area contributed by atoms with E-state index >= 15 is 0 Å². The number of nitrogens with one attached hydrogen (secondary N) is 2. The zero-order valence-electron chi connectivity index (χ0n) is 10.5. The van der Waals surface area contributed by atoms with Crippen molar-refractivity contribution in [2.75, 3.05) is 0 Å². The Hall–Kier alpha value is -1.52. The second-order valence-electron chi connectivity index (χ2n) is 5.46. The molecule has 0 bridgehead atoms. The molecule has 0 unspecified atom stereocenters. The Labute approximate surface area is 101 Å². The highest BCUT2D eigenvalue weighted by Crippen LogP contribution is 2.40. The summed E-state index contributed by atoms with van der Waals surface area (Å²) in [6, 6.07) is 1.86. The van der Waals surface area contributed by atoms with Crippen molar-refractivity contribution >= 4 is 6.09 Å². The van der Waals surface area contributed by atoms with Crippen LogP contribution in [0.5, 0.6) is 0 Å². The lowest BCUT2D eigenvalue weighted by atomic mass is 10.1. The molecule has 0 radical (unpaired) electrons. The zero-order valence-corrected chi connectivity index (χ0v) is 10.5. The molecule has 1 aliphatic carbocycles. The number of hydrogen-bond donors (Lipinski definition) is 2. The summed E-state index contributed by atoms with van der Waals surface area (Å²) in [6.45, 7) is 5.56. The summed E-state index contributed by atoms with van der Waals surface area (Å²) in [5.74, 6) is 0.491. The molecule has 0 saturated heterocycles. The fraction of sp³-hybridized carbons (Fsp3) is 0.667. The monoisotopic (exact) mass is 237 g/mol. The lowest BCUT2D eigenvalue weighted by molar-refractivity contribution is 0.0496. The van der Waals surface area contributed by atoms with E-state index in [0.29, 0.717) is 5.92 Å². The van der Waals surface area contributed by atoms with Gasteiger partial charge in [0.15, 0.2) is 0 Å². The summed E-state index contributed by atoms with van der Waals surface area (Å²) in [5.41, 5.74) is 0.405. The largest absolute Gasteiger partial charge is 0.444 e. The molecule has 1 aromatic heterocycles. The number of amides is 1. The van der Waals surface area contributed by atoms with Gasteiger partial charge in [-0.2, -0.15) is 5.10 Å². The first-order valence-electron chi connectivity index (χ1n) is 5.95. The molecule has 5 nitrogen and oxygen atoms in total. The molecule has 2 rings (SSSR count). The van der Waals surface area contributed by atoms with Crippen LogP contribution in [0.25, 0.3) is 0 Å². The van der Waals surface area contributed by atoms with E-state index < -0.39 is 5.60 Å². The Kier molecular flexibility index (Phi) is 3.09. The van der Waals surface area contributed by atoms with Crippen LogP contribution in [0, 0.1) is 5.92 Å². The third-order valence-corrected chi connectivity index (χ3v) is 2.61. The fourth-order valence-electron chi connectivity index (χ4n) is 1.74. The number of carbonyl (C=O) groups excluding carboxylic acids is 1. The van der Waals surface area contributed by atoms with Crippen LogP contribution in [0.2, 0.25) is 0 Å². The molecule has 94 valence electrons. The normalized spacial score (nSPS) is 17.6. The number of alkyl carbamates (subject to hydrolysis) is 1. The summed E-state index contributed by atoms with van der Waals surface area (Å²) >= 11 is 0.